The lowest BCUT2D eigenvalue weighted by atomic mass is 10.0. The van der Waals surface area contributed by atoms with Gasteiger partial charge in [0, 0.05) is 31.3 Å². The van der Waals surface area contributed by atoms with Gasteiger partial charge in [-0.15, -0.1) is 10.2 Å². The molecule has 0 bridgehead atoms. The fraction of sp³-hybridized carbons (Fsp3) is 0.318. The Morgan fingerprint density at radius 3 is 1.97 bits per heavy atom. The predicted octanol–water partition coefficient (Wildman–Crippen LogP) is 6.84. The maximum absolute atomic E-state index is 15.9. The van der Waals surface area contributed by atoms with Crippen molar-refractivity contribution in [2.24, 2.45) is 0 Å². The zero-order valence-electron chi connectivity index (χ0n) is 35.2. The van der Waals surface area contributed by atoms with Crippen LogP contribution >= 0.6 is 15.9 Å². The summed E-state index contributed by atoms with van der Waals surface area (Å²) in [4.78, 5) is 4.88. The molecule has 0 radical (unpaired) electrons. The Hall–Kier alpha value is -5.28. The summed E-state index contributed by atoms with van der Waals surface area (Å²) < 4.78 is 93.5. The second-order valence-electron chi connectivity index (χ2n) is 14.8. The molecule has 1 aliphatic rings. The van der Waals surface area contributed by atoms with Crippen LogP contribution < -0.4 is 18.9 Å². The second kappa shape index (κ2) is 20.5. The highest BCUT2D eigenvalue weighted by Gasteiger charge is 2.38. The van der Waals surface area contributed by atoms with Gasteiger partial charge in [0.2, 0.25) is 25.9 Å². The van der Waals surface area contributed by atoms with Crippen molar-refractivity contribution in [2.75, 3.05) is 34.5 Å². The molecule has 0 aliphatic carbocycles. The van der Waals surface area contributed by atoms with Crippen molar-refractivity contribution in [2.45, 2.75) is 67.9 Å². The van der Waals surface area contributed by atoms with Crippen LogP contribution in [0.4, 0.5) is 0 Å². The normalized spacial score (nSPS) is 15.0. The first-order valence-corrected chi connectivity index (χ1v) is 23.8. The van der Waals surface area contributed by atoms with Gasteiger partial charge in [0.25, 0.3) is 0 Å². The monoisotopic (exact) mass is 961 g/mol. The fourth-order valence-corrected chi connectivity index (χ4v) is 11.0. The minimum atomic E-state index is -4.85. The van der Waals surface area contributed by atoms with E-state index in [9.17, 15) is 8.42 Å². The Morgan fingerprint density at radius 2 is 1.41 bits per heavy atom. The highest BCUT2D eigenvalue weighted by Crippen LogP contribution is 2.41. The van der Waals surface area contributed by atoms with Gasteiger partial charge in [-0.1, -0.05) is 48.5 Å². The first kappa shape index (κ1) is 45.7. The molecule has 332 valence electrons. The van der Waals surface area contributed by atoms with E-state index in [1.165, 1.54) is 35.5 Å². The summed E-state index contributed by atoms with van der Waals surface area (Å²) in [5, 5.41) is 13.4. The number of nitrogens with one attached hydrogen (secondary N) is 1. The lowest BCUT2D eigenvalue weighted by Crippen LogP contribution is -2.39. The highest BCUT2D eigenvalue weighted by atomic mass is 79.9. The van der Waals surface area contributed by atoms with Gasteiger partial charge in [-0.3, -0.25) is 0 Å². The molecule has 6 aromatic rings. The van der Waals surface area contributed by atoms with Gasteiger partial charge in [-0.05, 0) is 119 Å². The molecule has 3 heterocycles. The molecule has 19 heteroatoms. The maximum Gasteiger partial charge on any atom is 0.245 e. The largest absolute Gasteiger partial charge is 0.497 e. The molecule has 7 rings (SSSR count). The van der Waals surface area contributed by atoms with Crippen molar-refractivity contribution in [3.05, 3.63) is 124 Å². The number of ether oxygens (including phenoxy) is 5. The van der Waals surface area contributed by atoms with Crippen molar-refractivity contribution in [3.63, 3.8) is 0 Å². The summed E-state index contributed by atoms with van der Waals surface area (Å²) in [6.07, 6.45) is 2.06. The van der Waals surface area contributed by atoms with E-state index < -0.39 is 42.2 Å². The highest BCUT2D eigenvalue weighted by molar-refractivity contribution is 9.10. The average molecular weight is 963 g/mol. The summed E-state index contributed by atoms with van der Waals surface area (Å²) in [5.74, 6) is 1.68. The Labute approximate surface area is 375 Å². The van der Waals surface area contributed by atoms with Crippen molar-refractivity contribution < 1.29 is 40.5 Å². The number of halogens is 1. The van der Waals surface area contributed by atoms with Crippen molar-refractivity contribution >= 4 is 36.0 Å². The molecule has 1 aliphatic heterocycles. The number of aromatic nitrogens is 5. The minimum Gasteiger partial charge on any atom is -0.497 e. The Kier molecular flexibility index (Phi) is 14.9. The van der Waals surface area contributed by atoms with Crippen LogP contribution in [-0.2, 0) is 49.2 Å². The van der Waals surface area contributed by atoms with E-state index in [0.29, 0.717) is 51.7 Å². The van der Waals surface area contributed by atoms with E-state index >= 15 is 8.42 Å². The molecule has 1 fully saturated rings. The first-order chi connectivity index (χ1) is 30.4. The van der Waals surface area contributed by atoms with Gasteiger partial charge in [0.15, 0.2) is 6.29 Å². The Balaban J connectivity index is 1.42. The Morgan fingerprint density at radius 1 is 0.810 bits per heavy atom. The van der Waals surface area contributed by atoms with Gasteiger partial charge in [-0.25, -0.2) is 26.5 Å². The summed E-state index contributed by atoms with van der Waals surface area (Å²) >= 11 is 3.45. The number of sulfonamides is 2. The van der Waals surface area contributed by atoms with Gasteiger partial charge in [0.1, 0.15) is 31.6 Å². The van der Waals surface area contributed by atoms with Gasteiger partial charge in [-0.2, -0.15) is 9.10 Å². The molecule has 0 amide bonds. The lowest BCUT2D eigenvalue weighted by molar-refractivity contribution is -0.164. The average Bonchev–Trinajstić information content (AvgIpc) is 3.76. The molecular weight excluding hydrogens is 915 g/mol. The summed E-state index contributed by atoms with van der Waals surface area (Å²) in [5.41, 5.74) is 2.49. The molecule has 1 saturated heterocycles. The van der Waals surface area contributed by atoms with Gasteiger partial charge >= 0.3 is 0 Å². The topological polar surface area (TPSA) is 186 Å². The maximum atomic E-state index is 15.9. The molecule has 2 aromatic heterocycles. The molecule has 0 spiro atoms. The van der Waals surface area contributed by atoms with Crippen molar-refractivity contribution in [1.82, 2.24) is 34.2 Å². The number of benzene rings is 4. The summed E-state index contributed by atoms with van der Waals surface area (Å²) in [6.45, 7) is 2.01. The van der Waals surface area contributed by atoms with E-state index in [0.717, 1.165) is 18.4 Å². The first-order valence-electron chi connectivity index (χ1n) is 20.1. The van der Waals surface area contributed by atoms with Crippen LogP contribution in [0, 0.1) is 0 Å². The summed E-state index contributed by atoms with van der Waals surface area (Å²) in [6, 6.07) is 28.3. The quantitative estimate of drug-likeness (QED) is 0.0833. The number of nitrogens with zero attached hydrogens (tertiary/aromatic N) is 6. The number of hydrogen-bond acceptors (Lipinski definition) is 13. The zero-order valence-corrected chi connectivity index (χ0v) is 38.4. The number of tetrazole rings is 1. The Bertz CT molecular complexity index is 2650. The third-order valence-corrected chi connectivity index (χ3v) is 14.3. The van der Waals surface area contributed by atoms with Crippen molar-refractivity contribution in [1.29, 1.82) is 0 Å². The number of hydrogen-bond donors (Lipinski definition) is 1. The number of methoxy groups -OCH3 is 3. The smallest absolute Gasteiger partial charge is 0.245 e. The molecular formula is C44H48BrN7O9S2. The van der Waals surface area contributed by atoms with Crippen LogP contribution in [0.3, 0.4) is 0 Å². The van der Waals surface area contributed by atoms with Crippen LogP contribution in [-0.4, -0.2) is 93.2 Å². The van der Waals surface area contributed by atoms with Crippen LogP contribution in [0.25, 0.3) is 22.6 Å². The molecule has 1 N–H and O–H groups in total. The van der Waals surface area contributed by atoms with E-state index in [1.54, 1.807) is 92.9 Å². The second-order valence-corrected chi connectivity index (χ2v) is 19.1. The molecule has 2 atom stereocenters. The van der Waals surface area contributed by atoms with E-state index in [4.69, 9.17) is 28.8 Å². The fourth-order valence-electron chi connectivity index (χ4n) is 7.01. The molecule has 63 heavy (non-hydrogen) atoms. The zero-order chi connectivity index (χ0) is 44.6. The van der Waals surface area contributed by atoms with Gasteiger partial charge < -0.3 is 23.7 Å². The van der Waals surface area contributed by atoms with E-state index in [1.807, 2.05) is 12.1 Å². The molecule has 16 nitrogen and oxygen atoms in total. The van der Waals surface area contributed by atoms with Crippen LogP contribution in [0.2, 0.25) is 0 Å². The minimum absolute atomic E-state index is 0.0266. The third-order valence-electron chi connectivity index (χ3n) is 10.2. The summed E-state index contributed by atoms with van der Waals surface area (Å²) in [7, 11) is -4.85. The van der Waals surface area contributed by atoms with E-state index in [-0.39, 0.29) is 43.2 Å². The number of pyridine rings is 1. The third kappa shape index (κ3) is 11.3. The van der Waals surface area contributed by atoms with Crippen LogP contribution in [0.5, 0.6) is 17.2 Å². The predicted molar refractivity (Wildman–Crippen MR) is 238 cm³/mol. The molecule has 4 aromatic carbocycles. The lowest BCUT2D eigenvalue weighted by Gasteiger charge is -2.27. The standard InChI is InChI=1S/C44H48BrN7O9S2/c1-30(29-61-41-10-5-6-25-60-41)49-62(53,54)39-24-23-37(38-8-7-9-40(45)46-38)42(44-47-50-52(48-44)28-33-15-21-36(59-4)22-16-33)43(39)63(55,56)51(26-31-11-17-34(57-2)18-12-31)27-32-13-19-35(58-3)20-14-32/h7-9,11-24,30,41,49H,5-6,10,25-29H2,1-4H3/t30-,41?/m0/s1. The number of rotatable bonds is 19. The SMILES string of the molecule is COc1ccc(CN(Cc2ccc(OC)cc2)S(=O)(=O)c2c(S(=O)(=O)N[C@@H](C)COC3CCCCO3)ccc(-c3cccc(Br)n3)c2-c2nnn(Cc3ccc(OC)cc3)n2)cc1. The van der Waals surface area contributed by atoms with E-state index in [2.05, 4.69) is 35.9 Å². The van der Waals surface area contributed by atoms with Crippen LogP contribution in [0.15, 0.2) is 118 Å². The van der Waals surface area contributed by atoms with Crippen LogP contribution in [0.1, 0.15) is 42.9 Å². The molecule has 0 saturated carbocycles. The van der Waals surface area contributed by atoms with Gasteiger partial charge in [0.05, 0.1) is 45.7 Å². The van der Waals surface area contributed by atoms with Crippen molar-refractivity contribution in [3.8, 4) is 39.9 Å². The molecule has 1 unspecified atom stereocenters.